The maximum atomic E-state index is 5.84. The Morgan fingerprint density at radius 3 is 2.60 bits per heavy atom. The maximum absolute atomic E-state index is 5.84. The number of hydrogen-bond acceptors (Lipinski definition) is 3. The molecule has 0 saturated carbocycles. The van der Waals surface area contributed by atoms with Crippen molar-refractivity contribution in [1.82, 2.24) is 9.78 Å². The number of aromatic nitrogens is 2. The zero-order valence-electron chi connectivity index (χ0n) is 12.3. The van der Waals surface area contributed by atoms with Gasteiger partial charge in [-0.25, -0.2) is 0 Å². The average Bonchev–Trinajstić information content (AvgIpc) is 2.67. The van der Waals surface area contributed by atoms with Gasteiger partial charge in [-0.1, -0.05) is 36.5 Å². The second-order valence-electron chi connectivity index (χ2n) is 5.05. The topological polar surface area (TPSA) is 47.1 Å². The van der Waals surface area contributed by atoms with Crippen LogP contribution in [-0.2, 0) is 13.6 Å². The highest BCUT2D eigenvalue weighted by molar-refractivity contribution is 7.80. The van der Waals surface area contributed by atoms with Crippen LogP contribution in [0.5, 0.6) is 0 Å². The molecule has 0 radical (unpaired) electrons. The van der Waals surface area contributed by atoms with E-state index < -0.39 is 0 Å². The average molecular weight is 288 g/mol. The number of anilines is 1. The molecule has 0 fully saturated rings. The summed E-state index contributed by atoms with van der Waals surface area (Å²) in [5.74, 6) is 0.957. The summed E-state index contributed by atoms with van der Waals surface area (Å²) in [6, 6.07) is 8.36. The van der Waals surface area contributed by atoms with Gasteiger partial charge in [0.15, 0.2) is 0 Å². The molecule has 0 unspecified atom stereocenters. The van der Waals surface area contributed by atoms with E-state index in [0.29, 0.717) is 4.99 Å². The Kier molecular flexibility index (Phi) is 4.09. The Hall–Kier alpha value is -1.88. The number of aryl methyl sites for hydroxylation is 3. The van der Waals surface area contributed by atoms with E-state index in [9.17, 15) is 0 Å². The number of rotatable bonds is 4. The molecule has 0 saturated heterocycles. The van der Waals surface area contributed by atoms with E-state index in [4.69, 9.17) is 18.0 Å². The van der Waals surface area contributed by atoms with Gasteiger partial charge in [0.2, 0.25) is 0 Å². The molecule has 4 nitrogen and oxygen atoms in total. The monoisotopic (exact) mass is 288 g/mol. The standard InChI is InChI=1S/C15H20N4S/c1-10-7-5-6-8-12(10)9-18(3)15-13(14(16)20)11(2)17-19(15)4/h5-8H,9H2,1-4H3,(H2,16,20). The SMILES string of the molecule is Cc1ccccc1CN(C)c1c(C(N)=S)c(C)nn1C. The van der Waals surface area contributed by atoms with Crippen LogP contribution in [-0.4, -0.2) is 21.8 Å². The largest absolute Gasteiger partial charge is 0.389 e. The Balaban J connectivity index is 2.37. The first kappa shape index (κ1) is 14.5. The first-order chi connectivity index (χ1) is 9.41. The molecule has 0 bridgehead atoms. The molecule has 0 amide bonds. The summed E-state index contributed by atoms with van der Waals surface area (Å²) in [5, 5.41) is 4.42. The van der Waals surface area contributed by atoms with E-state index in [2.05, 4.69) is 35.1 Å². The fraction of sp³-hybridized carbons (Fsp3) is 0.333. The van der Waals surface area contributed by atoms with Crippen LogP contribution in [0.1, 0.15) is 22.4 Å². The van der Waals surface area contributed by atoms with E-state index in [1.54, 1.807) is 0 Å². The zero-order chi connectivity index (χ0) is 14.9. The van der Waals surface area contributed by atoms with Crippen LogP contribution in [0.3, 0.4) is 0 Å². The summed E-state index contributed by atoms with van der Waals surface area (Å²) in [7, 11) is 3.95. The van der Waals surface area contributed by atoms with Gasteiger partial charge in [0, 0.05) is 20.6 Å². The Morgan fingerprint density at radius 2 is 2.00 bits per heavy atom. The van der Waals surface area contributed by atoms with Gasteiger partial charge in [0.05, 0.1) is 11.3 Å². The first-order valence-corrected chi connectivity index (χ1v) is 6.91. The van der Waals surface area contributed by atoms with Gasteiger partial charge in [-0.3, -0.25) is 4.68 Å². The molecular weight excluding hydrogens is 268 g/mol. The molecular formula is C15H20N4S. The number of nitrogens with two attached hydrogens (primary N) is 1. The molecule has 2 aromatic rings. The number of hydrogen-bond donors (Lipinski definition) is 1. The minimum absolute atomic E-state index is 0.391. The number of benzene rings is 1. The van der Waals surface area contributed by atoms with Crippen LogP contribution in [0.4, 0.5) is 5.82 Å². The molecule has 2 N–H and O–H groups in total. The summed E-state index contributed by atoms with van der Waals surface area (Å²) >= 11 is 5.16. The van der Waals surface area contributed by atoms with Gasteiger partial charge in [-0.2, -0.15) is 5.10 Å². The second kappa shape index (κ2) is 5.63. The molecule has 0 aliphatic rings. The quantitative estimate of drug-likeness (QED) is 0.877. The third kappa shape index (κ3) is 2.67. The fourth-order valence-corrected chi connectivity index (χ4v) is 2.73. The van der Waals surface area contributed by atoms with Gasteiger partial charge < -0.3 is 10.6 Å². The van der Waals surface area contributed by atoms with E-state index in [-0.39, 0.29) is 0 Å². The third-order valence-electron chi connectivity index (χ3n) is 3.47. The Bertz CT molecular complexity index is 645. The molecule has 1 aromatic carbocycles. The summed E-state index contributed by atoms with van der Waals surface area (Å²) in [4.78, 5) is 2.53. The molecule has 0 atom stereocenters. The van der Waals surface area contributed by atoms with Crippen molar-refractivity contribution in [3.05, 3.63) is 46.6 Å². The maximum Gasteiger partial charge on any atom is 0.137 e. The van der Waals surface area contributed by atoms with Gasteiger partial charge in [-0.05, 0) is 25.0 Å². The van der Waals surface area contributed by atoms with Crippen LogP contribution >= 0.6 is 12.2 Å². The molecule has 1 aromatic heterocycles. The predicted octanol–water partition coefficient (Wildman–Crippen LogP) is 2.31. The van der Waals surface area contributed by atoms with Crippen LogP contribution in [0.2, 0.25) is 0 Å². The minimum Gasteiger partial charge on any atom is -0.389 e. The summed E-state index contributed by atoms with van der Waals surface area (Å²) < 4.78 is 1.84. The highest BCUT2D eigenvalue weighted by atomic mass is 32.1. The van der Waals surface area contributed by atoms with Crippen molar-refractivity contribution >= 4 is 23.0 Å². The molecule has 2 rings (SSSR count). The highest BCUT2D eigenvalue weighted by Gasteiger charge is 2.19. The van der Waals surface area contributed by atoms with Crippen LogP contribution in [0.25, 0.3) is 0 Å². The summed E-state index contributed by atoms with van der Waals surface area (Å²) in [5.41, 5.74) is 10.1. The minimum atomic E-state index is 0.391. The first-order valence-electron chi connectivity index (χ1n) is 6.51. The van der Waals surface area contributed by atoms with E-state index in [0.717, 1.165) is 23.6 Å². The van der Waals surface area contributed by atoms with Crippen molar-refractivity contribution in [3.63, 3.8) is 0 Å². The van der Waals surface area contributed by atoms with Crippen LogP contribution in [0.15, 0.2) is 24.3 Å². The van der Waals surface area contributed by atoms with Gasteiger partial charge in [-0.15, -0.1) is 0 Å². The predicted molar refractivity (Wildman–Crippen MR) is 87.1 cm³/mol. The second-order valence-corrected chi connectivity index (χ2v) is 5.49. The lowest BCUT2D eigenvalue weighted by molar-refractivity contribution is 0.726. The van der Waals surface area contributed by atoms with E-state index >= 15 is 0 Å². The molecule has 0 spiro atoms. The smallest absolute Gasteiger partial charge is 0.137 e. The van der Waals surface area contributed by atoms with Crippen molar-refractivity contribution in [1.29, 1.82) is 0 Å². The van der Waals surface area contributed by atoms with Gasteiger partial charge in [0.25, 0.3) is 0 Å². The molecule has 106 valence electrons. The molecule has 0 aliphatic heterocycles. The van der Waals surface area contributed by atoms with Crippen molar-refractivity contribution in [2.45, 2.75) is 20.4 Å². The Labute approximate surface area is 125 Å². The molecule has 5 heteroatoms. The van der Waals surface area contributed by atoms with Gasteiger partial charge in [0.1, 0.15) is 10.8 Å². The van der Waals surface area contributed by atoms with E-state index in [1.807, 2.05) is 31.8 Å². The van der Waals surface area contributed by atoms with Gasteiger partial charge >= 0.3 is 0 Å². The zero-order valence-corrected chi connectivity index (χ0v) is 13.2. The number of nitrogens with zero attached hydrogens (tertiary/aromatic N) is 3. The normalized spacial score (nSPS) is 10.6. The Morgan fingerprint density at radius 1 is 1.35 bits per heavy atom. The lowest BCUT2D eigenvalue weighted by Gasteiger charge is -2.22. The summed E-state index contributed by atoms with van der Waals surface area (Å²) in [6.07, 6.45) is 0. The number of thiocarbonyl (C=S) groups is 1. The fourth-order valence-electron chi connectivity index (χ4n) is 2.49. The lowest BCUT2D eigenvalue weighted by Crippen LogP contribution is -2.23. The van der Waals surface area contributed by atoms with Crippen molar-refractivity contribution in [2.75, 3.05) is 11.9 Å². The lowest BCUT2D eigenvalue weighted by atomic mass is 10.1. The van der Waals surface area contributed by atoms with Crippen LogP contribution in [0, 0.1) is 13.8 Å². The van der Waals surface area contributed by atoms with Crippen molar-refractivity contribution in [2.24, 2.45) is 12.8 Å². The molecule has 1 heterocycles. The van der Waals surface area contributed by atoms with E-state index in [1.165, 1.54) is 11.1 Å². The highest BCUT2D eigenvalue weighted by Crippen LogP contribution is 2.24. The van der Waals surface area contributed by atoms with Crippen LogP contribution < -0.4 is 10.6 Å². The molecule has 0 aliphatic carbocycles. The van der Waals surface area contributed by atoms with Crippen molar-refractivity contribution < 1.29 is 0 Å². The van der Waals surface area contributed by atoms with Crippen molar-refractivity contribution in [3.8, 4) is 0 Å². The molecule has 20 heavy (non-hydrogen) atoms. The third-order valence-corrected chi connectivity index (χ3v) is 3.67. The summed E-state index contributed by atoms with van der Waals surface area (Å²) in [6.45, 7) is 4.84.